The molecule has 30 heavy (non-hydrogen) atoms. The number of rotatable bonds is 6. The lowest BCUT2D eigenvalue weighted by Gasteiger charge is -2.32. The number of anilines is 1. The number of amides is 2. The summed E-state index contributed by atoms with van der Waals surface area (Å²) in [7, 11) is 4.54. The standard InChI is InChI=1S/C22H25ClN2O5/c1-28-18-11-10-17(19(29-2)20(18)30-3)24-21(26)15-5-4-12-25(13-15)22(27)14-6-8-16(23)9-7-14/h6-11,15H,4-5,12-13H2,1-3H3,(H,24,26)/t15-/m1/s1. The molecule has 1 N–H and O–H groups in total. The normalized spacial score (nSPS) is 16.0. The van der Waals surface area contributed by atoms with E-state index in [1.54, 1.807) is 41.3 Å². The molecule has 2 aromatic carbocycles. The second kappa shape index (κ2) is 9.71. The number of methoxy groups -OCH3 is 3. The lowest BCUT2D eigenvalue weighted by atomic mass is 9.96. The lowest BCUT2D eigenvalue weighted by molar-refractivity contribution is -0.121. The van der Waals surface area contributed by atoms with Crippen molar-refractivity contribution in [1.82, 2.24) is 4.90 Å². The smallest absolute Gasteiger partial charge is 0.253 e. The molecule has 8 heteroatoms. The van der Waals surface area contributed by atoms with Crippen LogP contribution in [0.1, 0.15) is 23.2 Å². The Morgan fingerprint density at radius 2 is 1.70 bits per heavy atom. The van der Waals surface area contributed by atoms with Crippen molar-refractivity contribution in [1.29, 1.82) is 0 Å². The number of hydrogen-bond acceptors (Lipinski definition) is 5. The molecule has 1 atom stereocenters. The number of likely N-dealkylation sites (tertiary alicyclic amines) is 1. The summed E-state index contributed by atoms with van der Waals surface area (Å²) >= 11 is 5.90. The first kappa shape index (κ1) is 21.8. The Labute approximate surface area is 180 Å². The van der Waals surface area contributed by atoms with Crippen LogP contribution in [0.5, 0.6) is 17.2 Å². The van der Waals surface area contributed by atoms with E-state index in [2.05, 4.69) is 5.32 Å². The summed E-state index contributed by atoms with van der Waals surface area (Å²) in [5.74, 6) is 0.690. The molecule has 1 heterocycles. The highest BCUT2D eigenvalue weighted by Crippen LogP contribution is 2.42. The van der Waals surface area contributed by atoms with Gasteiger partial charge in [-0.1, -0.05) is 11.6 Å². The van der Waals surface area contributed by atoms with Gasteiger partial charge in [0.2, 0.25) is 11.7 Å². The molecule has 0 bridgehead atoms. The second-order valence-corrected chi connectivity index (χ2v) is 7.40. The molecule has 7 nitrogen and oxygen atoms in total. The summed E-state index contributed by atoms with van der Waals surface area (Å²) in [4.78, 5) is 27.4. The summed E-state index contributed by atoms with van der Waals surface area (Å²) < 4.78 is 16.1. The molecule has 0 radical (unpaired) electrons. The molecular weight excluding hydrogens is 408 g/mol. The molecule has 0 saturated carbocycles. The van der Waals surface area contributed by atoms with Crippen LogP contribution in [0, 0.1) is 5.92 Å². The summed E-state index contributed by atoms with van der Waals surface area (Å²) in [5, 5.41) is 3.48. The minimum Gasteiger partial charge on any atom is -0.493 e. The molecule has 1 saturated heterocycles. The number of nitrogens with zero attached hydrogens (tertiary/aromatic N) is 1. The molecule has 0 spiro atoms. The van der Waals surface area contributed by atoms with Gasteiger partial charge in [-0.15, -0.1) is 0 Å². The number of hydrogen-bond donors (Lipinski definition) is 1. The van der Waals surface area contributed by atoms with Gasteiger partial charge in [0.05, 0.1) is 32.9 Å². The Morgan fingerprint density at radius 1 is 1.00 bits per heavy atom. The van der Waals surface area contributed by atoms with E-state index in [4.69, 9.17) is 25.8 Å². The third-order valence-corrected chi connectivity index (χ3v) is 5.38. The van der Waals surface area contributed by atoms with Crippen LogP contribution in [0.25, 0.3) is 0 Å². The Kier molecular flexibility index (Phi) is 7.05. The van der Waals surface area contributed by atoms with E-state index in [0.717, 1.165) is 6.42 Å². The fraction of sp³-hybridized carbons (Fsp3) is 0.364. The zero-order chi connectivity index (χ0) is 21.7. The Morgan fingerprint density at radius 3 is 2.33 bits per heavy atom. The average Bonchev–Trinajstić information content (AvgIpc) is 2.78. The van der Waals surface area contributed by atoms with Crippen molar-refractivity contribution in [3.8, 4) is 17.2 Å². The Hall–Kier alpha value is -2.93. The van der Waals surface area contributed by atoms with E-state index in [9.17, 15) is 9.59 Å². The molecular formula is C22H25ClN2O5. The van der Waals surface area contributed by atoms with Crippen molar-refractivity contribution in [2.75, 3.05) is 39.7 Å². The molecule has 2 aromatic rings. The molecule has 1 fully saturated rings. The predicted molar refractivity (Wildman–Crippen MR) is 115 cm³/mol. The highest BCUT2D eigenvalue weighted by atomic mass is 35.5. The first-order valence-corrected chi connectivity index (χ1v) is 10.0. The fourth-order valence-corrected chi connectivity index (χ4v) is 3.71. The van der Waals surface area contributed by atoms with Gasteiger partial charge in [0.15, 0.2) is 11.5 Å². The van der Waals surface area contributed by atoms with Crippen LogP contribution in [0.15, 0.2) is 36.4 Å². The Bertz CT molecular complexity index is 916. The summed E-state index contributed by atoms with van der Waals surface area (Å²) in [6.07, 6.45) is 1.45. The minimum absolute atomic E-state index is 0.104. The van der Waals surface area contributed by atoms with E-state index in [1.165, 1.54) is 21.3 Å². The van der Waals surface area contributed by atoms with Gasteiger partial charge in [-0.2, -0.15) is 0 Å². The number of halogens is 1. The van der Waals surface area contributed by atoms with Gasteiger partial charge in [-0.25, -0.2) is 0 Å². The third kappa shape index (κ3) is 4.62. The summed E-state index contributed by atoms with van der Waals surface area (Å²) in [6.45, 7) is 0.966. The first-order chi connectivity index (χ1) is 14.5. The molecule has 0 aliphatic carbocycles. The topological polar surface area (TPSA) is 77.1 Å². The van der Waals surface area contributed by atoms with Gasteiger partial charge >= 0.3 is 0 Å². The van der Waals surface area contributed by atoms with Crippen LogP contribution in [0.3, 0.4) is 0 Å². The van der Waals surface area contributed by atoms with Crippen molar-refractivity contribution in [2.45, 2.75) is 12.8 Å². The van der Waals surface area contributed by atoms with Gasteiger partial charge in [0.25, 0.3) is 5.91 Å². The predicted octanol–water partition coefficient (Wildman–Crippen LogP) is 3.86. The maximum absolute atomic E-state index is 12.9. The number of benzene rings is 2. The molecule has 0 unspecified atom stereocenters. The number of carbonyl (C=O) groups excluding carboxylic acids is 2. The van der Waals surface area contributed by atoms with Crippen molar-refractivity contribution in [2.24, 2.45) is 5.92 Å². The monoisotopic (exact) mass is 432 g/mol. The highest BCUT2D eigenvalue weighted by Gasteiger charge is 2.30. The number of carbonyl (C=O) groups is 2. The SMILES string of the molecule is COc1ccc(NC(=O)[C@@H]2CCCN(C(=O)c3ccc(Cl)cc3)C2)c(OC)c1OC. The van der Waals surface area contributed by atoms with Crippen LogP contribution < -0.4 is 19.5 Å². The van der Waals surface area contributed by atoms with E-state index >= 15 is 0 Å². The average molecular weight is 433 g/mol. The third-order valence-electron chi connectivity index (χ3n) is 5.13. The largest absolute Gasteiger partial charge is 0.493 e. The van der Waals surface area contributed by atoms with Crippen LogP contribution in [-0.2, 0) is 4.79 Å². The number of ether oxygens (including phenoxy) is 3. The van der Waals surface area contributed by atoms with Crippen molar-refractivity contribution >= 4 is 29.1 Å². The highest BCUT2D eigenvalue weighted by molar-refractivity contribution is 6.30. The van der Waals surface area contributed by atoms with E-state index in [0.29, 0.717) is 53.0 Å². The van der Waals surface area contributed by atoms with Crippen LogP contribution >= 0.6 is 11.6 Å². The summed E-state index contributed by atoms with van der Waals surface area (Å²) in [5.41, 5.74) is 1.04. The van der Waals surface area contributed by atoms with Crippen molar-refractivity contribution in [3.63, 3.8) is 0 Å². The maximum Gasteiger partial charge on any atom is 0.253 e. The van der Waals surface area contributed by atoms with E-state index in [-0.39, 0.29) is 17.7 Å². The van der Waals surface area contributed by atoms with E-state index < -0.39 is 0 Å². The zero-order valence-corrected chi connectivity index (χ0v) is 18.0. The van der Waals surface area contributed by atoms with Gasteiger partial charge in [-0.05, 0) is 49.2 Å². The molecule has 160 valence electrons. The second-order valence-electron chi connectivity index (χ2n) is 6.97. The van der Waals surface area contributed by atoms with Crippen molar-refractivity contribution in [3.05, 3.63) is 47.0 Å². The van der Waals surface area contributed by atoms with Gasteiger partial charge < -0.3 is 24.4 Å². The van der Waals surface area contributed by atoms with Crippen LogP contribution in [-0.4, -0.2) is 51.1 Å². The lowest BCUT2D eigenvalue weighted by Crippen LogP contribution is -2.43. The quantitative estimate of drug-likeness (QED) is 0.750. The molecule has 1 aliphatic heterocycles. The number of piperidine rings is 1. The van der Waals surface area contributed by atoms with Crippen molar-refractivity contribution < 1.29 is 23.8 Å². The molecule has 3 rings (SSSR count). The van der Waals surface area contributed by atoms with Gasteiger partial charge in [0.1, 0.15) is 0 Å². The summed E-state index contributed by atoms with van der Waals surface area (Å²) in [6, 6.07) is 10.2. The van der Waals surface area contributed by atoms with Crippen LogP contribution in [0.4, 0.5) is 5.69 Å². The van der Waals surface area contributed by atoms with Crippen LogP contribution in [0.2, 0.25) is 5.02 Å². The minimum atomic E-state index is -0.326. The fourth-order valence-electron chi connectivity index (χ4n) is 3.59. The molecule has 1 aliphatic rings. The van der Waals surface area contributed by atoms with Gasteiger partial charge in [-0.3, -0.25) is 9.59 Å². The van der Waals surface area contributed by atoms with E-state index in [1.807, 2.05) is 0 Å². The first-order valence-electron chi connectivity index (χ1n) is 9.63. The molecule has 2 amide bonds. The Balaban J connectivity index is 1.73. The number of nitrogens with one attached hydrogen (secondary N) is 1. The zero-order valence-electron chi connectivity index (χ0n) is 17.2. The maximum atomic E-state index is 12.9. The molecule has 0 aromatic heterocycles. The van der Waals surface area contributed by atoms with Gasteiger partial charge in [0, 0.05) is 23.7 Å².